The molecule has 254 valence electrons. The molecule has 0 unspecified atom stereocenters. The van der Waals surface area contributed by atoms with Gasteiger partial charge in [0.05, 0.1) is 0 Å². The average Bonchev–Trinajstić information content (AvgIpc) is 3.06. The quantitative estimate of drug-likeness (QED) is 0.0528. The van der Waals surface area contributed by atoms with Gasteiger partial charge in [-0.3, -0.25) is 9.59 Å². The van der Waals surface area contributed by atoms with Gasteiger partial charge >= 0.3 is 11.9 Å². The molecule has 5 nitrogen and oxygen atoms in total. The first kappa shape index (κ1) is 42.3. The fourth-order valence-electron chi connectivity index (χ4n) is 3.78. The van der Waals surface area contributed by atoms with Gasteiger partial charge in [0.15, 0.2) is 0 Å². The zero-order valence-electron chi connectivity index (χ0n) is 28.5. The topological polar surface area (TPSA) is 72.8 Å². The van der Waals surface area contributed by atoms with Crippen LogP contribution in [0.2, 0.25) is 0 Å². The van der Waals surface area contributed by atoms with E-state index < -0.39 is 6.10 Å². The van der Waals surface area contributed by atoms with Crippen LogP contribution in [-0.2, 0) is 19.1 Å². The first-order valence-electron chi connectivity index (χ1n) is 17.0. The molecule has 0 aliphatic heterocycles. The second-order valence-corrected chi connectivity index (χ2v) is 10.6. The molecule has 0 saturated heterocycles. The van der Waals surface area contributed by atoms with E-state index in [1.165, 1.54) is 0 Å². The summed E-state index contributed by atoms with van der Waals surface area (Å²) < 4.78 is 10.2. The minimum Gasteiger partial charge on any atom is -0.463 e. The lowest BCUT2D eigenvalue weighted by Crippen LogP contribution is -2.25. The molecule has 0 radical (unpaired) electrons. The highest BCUT2D eigenvalue weighted by molar-refractivity contribution is 5.69. The Morgan fingerprint density at radius 1 is 0.457 bits per heavy atom. The molecule has 0 aliphatic carbocycles. The number of ether oxygens (including phenoxy) is 2. The minimum absolute atomic E-state index is 0.173. The van der Waals surface area contributed by atoms with Crippen LogP contribution < -0.4 is 0 Å². The number of rotatable bonds is 28. The molecule has 0 heterocycles. The summed E-state index contributed by atoms with van der Waals surface area (Å²) in [6, 6.07) is 0. The van der Waals surface area contributed by atoms with Crippen molar-refractivity contribution in [3.8, 4) is 0 Å². The molecule has 0 aromatic rings. The van der Waals surface area contributed by atoms with Crippen LogP contribution >= 0.6 is 0 Å². The van der Waals surface area contributed by atoms with Crippen LogP contribution in [0.25, 0.3) is 0 Å². The first-order valence-corrected chi connectivity index (χ1v) is 17.0. The molecule has 0 spiro atoms. The molecular formula is C41H60O5. The third-order valence-electron chi connectivity index (χ3n) is 6.36. The van der Waals surface area contributed by atoms with Crippen LogP contribution in [0.15, 0.2) is 122 Å². The molecule has 0 aromatic carbocycles. The summed E-state index contributed by atoms with van der Waals surface area (Å²) in [5.41, 5.74) is 0. The zero-order valence-corrected chi connectivity index (χ0v) is 28.5. The predicted molar refractivity (Wildman–Crippen MR) is 195 cm³/mol. The molecule has 0 rings (SSSR count). The maximum atomic E-state index is 11.9. The van der Waals surface area contributed by atoms with Crippen LogP contribution in [0.1, 0.15) is 104 Å². The highest BCUT2D eigenvalue weighted by Crippen LogP contribution is 2.04. The summed E-state index contributed by atoms with van der Waals surface area (Å²) >= 11 is 0. The van der Waals surface area contributed by atoms with Gasteiger partial charge < -0.3 is 14.6 Å². The number of esters is 2. The van der Waals surface area contributed by atoms with E-state index >= 15 is 0 Å². The van der Waals surface area contributed by atoms with Gasteiger partial charge in [-0.15, -0.1) is 0 Å². The molecule has 46 heavy (non-hydrogen) atoms. The summed E-state index contributed by atoms with van der Waals surface area (Å²) in [5, 5.41) is 9.96. The van der Waals surface area contributed by atoms with Gasteiger partial charge in [-0.25, -0.2) is 0 Å². The van der Waals surface area contributed by atoms with Crippen LogP contribution in [0.4, 0.5) is 0 Å². The number of carbonyl (C=O) groups is 2. The summed E-state index contributed by atoms with van der Waals surface area (Å²) in [7, 11) is 0. The van der Waals surface area contributed by atoms with Crippen molar-refractivity contribution >= 4 is 11.9 Å². The van der Waals surface area contributed by atoms with Gasteiger partial charge in [0.25, 0.3) is 0 Å². The Balaban J connectivity index is 3.70. The summed E-state index contributed by atoms with van der Waals surface area (Å²) in [5.74, 6) is -0.715. The van der Waals surface area contributed by atoms with Crippen LogP contribution in [0, 0.1) is 0 Å². The van der Waals surface area contributed by atoms with Gasteiger partial charge in [-0.05, 0) is 90.9 Å². The smallest absolute Gasteiger partial charge is 0.305 e. The lowest BCUT2D eigenvalue weighted by atomic mass is 10.2. The third-order valence-corrected chi connectivity index (χ3v) is 6.36. The van der Waals surface area contributed by atoms with Crippen molar-refractivity contribution in [2.75, 3.05) is 13.2 Å². The molecule has 0 aliphatic rings. The monoisotopic (exact) mass is 632 g/mol. The summed E-state index contributed by atoms with van der Waals surface area (Å²) in [6.07, 6.45) is 52.7. The van der Waals surface area contributed by atoms with E-state index in [4.69, 9.17) is 9.47 Å². The molecule has 1 N–H and O–H groups in total. The predicted octanol–water partition coefficient (Wildman–Crippen LogP) is 10.5. The standard InChI is InChI=1S/C41H60O5/c1-3-5-7-9-11-13-15-17-19-21-23-25-27-29-31-33-35-40(43)45-37-39(42)38-46-41(44)36-34-32-30-28-26-24-22-20-18-16-14-12-10-8-6-4-2/h3-6,9-12,15-18,21-24,27-30,39,42H,7-8,13-14,19-20,25-26,31-38H2,1-2H3/b5-3+,6-4+,11-9+,12-10+,17-15+,18-16+,23-21+,24-22+,29-27+,30-28+. The molecule has 0 amide bonds. The highest BCUT2D eigenvalue weighted by Gasteiger charge is 2.11. The number of hydrogen-bond acceptors (Lipinski definition) is 5. The molecule has 0 saturated carbocycles. The Kier molecular flexibility index (Phi) is 32.9. The van der Waals surface area contributed by atoms with E-state index in [0.29, 0.717) is 12.8 Å². The van der Waals surface area contributed by atoms with Crippen LogP contribution in [-0.4, -0.2) is 36.4 Å². The number of allylic oxidation sites excluding steroid dienone is 20. The van der Waals surface area contributed by atoms with E-state index in [1.54, 1.807) is 0 Å². The Bertz CT molecular complexity index is 951. The molecule has 0 aromatic heterocycles. The van der Waals surface area contributed by atoms with Crippen molar-refractivity contribution in [2.24, 2.45) is 0 Å². The highest BCUT2D eigenvalue weighted by atomic mass is 16.6. The lowest BCUT2D eigenvalue weighted by molar-refractivity contribution is -0.152. The molecule has 5 heteroatoms. The summed E-state index contributed by atoms with van der Waals surface area (Å²) in [4.78, 5) is 23.8. The number of hydrogen-bond donors (Lipinski definition) is 1. The Labute approximate surface area is 280 Å². The second-order valence-electron chi connectivity index (χ2n) is 10.6. The van der Waals surface area contributed by atoms with E-state index in [0.717, 1.165) is 64.2 Å². The van der Waals surface area contributed by atoms with Crippen molar-refractivity contribution < 1.29 is 24.2 Å². The Morgan fingerprint density at radius 2 is 0.717 bits per heavy atom. The second kappa shape index (κ2) is 35.8. The molecular weight excluding hydrogens is 572 g/mol. The third kappa shape index (κ3) is 34.8. The van der Waals surface area contributed by atoms with Gasteiger partial charge in [-0.1, -0.05) is 122 Å². The van der Waals surface area contributed by atoms with E-state index in [1.807, 2.05) is 13.8 Å². The minimum atomic E-state index is -1.02. The van der Waals surface area contributed by atoms with Crippen molar-refractivity contribution in [1.29, 1.82) is 0 Å². The van der Waals surface area contributed by atoms with Crippen LogP contribution in [0.3, 0.4) is 0 Å². The number of aliphatic hydroxyl groups is 1. The Hall–Kier alpha value is -3.70. The van der Waals surface area contributed by atoms with Crippen molar-refractivity contribution in [3.63, 3.8) is 0 Å². The molecule has 0 fully saturated rings. The average molecular weight is 633 g/mol. The number of aliphatic hydroxyl groups excluding tert-OH is 1. The fraction of sp³-hybridized carbons (Fsp3) is 0.463. The van der Waals surface area contributed by atoms with Crippen LogP contribution in [0.5, 0.6) is 0 Å². The fourth-order valence-corrected chi connectivity index (χ4v) is 3.78. The molecule has 0 bridgehead atoms. The van der Waals surface area contributed by atoms with Gasteiger partial charge in [0.1, 0.15) is 19.3 Å². The van der Waals surface area contributed by atoms with E-state index in [2.05, 4.69) is 122 Å². The van der Waals surface area contributed by atoms with Crippen molar-refractivity contribution in [2.45, 2.75) is 110 Å². The maximum Gasteiger partial charge on any atom is 0.305 e. The largest absolute Gasteiger partial charge is 0.463 e. The SMILES string of the molecule is C/C=C/C/C=C/C/C=C/C/C=C/C/C=C/CCCC(=O)OCC(O)COC(=O)CCC/C=C/C/C=C/C/C=C/C/C=C/C/C=C/C. The zero-order chi connectivity index (χ0) is 33.6. The normalized spacial score (nSPS) is 13.1. The van der Waals surface area contributed by atoms with E-state index in [-0.39, 0.29) is 38.0 Å². The molecule has 0 atom stereocenters. The van der Waals surface area contributed by atoms with Crippen molar-refractivity contribution in [1.82, 2.24) is 0 Å². The van der Waals surface area contributed by atoms with Crippen molar-refractivity contribution in [3.05, 3.63) is 122 Å². The van der Waals surface area contributed by atoms with E-state index in [9.17, 15) is 14.7 Å². The van der Waals surface area contributed by atoms with Gasteiger partial charge in [-0.2, -0.15) is 0 Å². The first-order chi connectivity index (χ1) is 22.6. The van der Waals surface area contributed by atoms with Gasteiger partial charge in [0.2, 0.25) is 0 Å². The Morgan fingerprint density at radius 3 is 1.00 bits per heavy atom. The lowest BCUT2D eigenvalue weighted by Gasteiger charge is -2.11. The van der Waals surface area contributed by atoms with Gasteiger partial charge in [0, 0.05) is 12.8 Å². The summed E-state index contributed by atoms with van der Waals surface area (Å²) in [6.45, 7) is 3.71. The maximum absolute atomic E-state index is 11.9. The number of unbranched alkanes of at least 4 members (excludes halogenated alkanes) is 2. The number of carbonyl (C=O) groups excluding carboxylic acids is 2.